The molecule has 0 aromatic carbocycles. The Morgan fingerprint density at radius 3 is 2.70 bits per heavy atom. The van der Waals surface area contributed by atoms with Crippen molar-refractivity contribution in [2.75, 3.05) is 6.61 Å². The van der Waals surface area contributed by atoms with E-state index in [0.29, 0.717) is 13.0 Å². The number of aliphatic hydroxyl groups is 1. The topological polar surface area (TPSA) is 29.5 Å². The summed E-state index contributed by atoms with van der Waals surface area (Å²) in [7, 11) is 0. The second kappa shape index (κ2) is 5.45. The van der Waals surface area contributed by atoms with E-state index in [4.69, 9.17) is 9.84 Å². The summed E-state index contributed by atoms with van der Waals surface area (Å²) in [6.45, 7) is 8.10. The molecular weight excluding hydrogens is 128 g/mol. The zero-order valence-electron chi connectivity index (χ0n) is 6.76. The maximum Gasteiger partial charge on any atom is 0.154 e. The molecule has 0 aromatic heterocycles. The van der Waals surface area contributed by atoms with Crippen LogP contribution in [0.25, 0.3) is 0 Å². The van der Waals surface area contributed by atoms with Gasteiger partial charge in [-0.25, -0.2) is 0 Å². The van der Waals surface area contributed by atoms with Gasteiger partial charge in [0, 0.05) is 13.0 Å². The predicted molar refractivity (Wildman–Crippen MR) is 41.7 cm³/mol. The Balaban J connectivity index is 3.21. The van der Waals surface area contributed by atoms with E-state index in [-0.39, 0.29) is 0 Å². The van der Waals surface area contributed by atoms with Gasteiger partial charge in [-0.3, -0.25) is 0 Å². The van der Waals surface area contributed by atoms with Gasteiger partial charge < -0.3 is 9.84 Å². The van der Waals surface area contributed by atoms with Gasteiger partial charge in [0.05, 0.1) is 0 Å². The van der Waals surface area contributed by atoms with Gasteiger partial charge in [-0.15, -0.1) is 6.58 Å². The molecule has 0 saturated heterocycles. The van der Waals surface area contributed by atoms with Crippen LogP contribution in [0.5, 0.6) is 0 Å². The second-order valence-electron chi connectivity index (χ2n) is 2.41. The minimum Gasteiger partial charge on any atom is -0.368 e. The average Bonchev–Trinajstić information content (AvgIpc) is 1.85. The van der Waals surface area contributed by atoms with Crippen molar-refractivity contribution in [3.63, 3.8) is 0 Å². The summed E-state index contributed by atoms with van der Waals surface area (Å²) in [5.74, 6) is 0. The predicted octanol–water partition coefficient (Wildman–Crippen LogP) is 1.70. The first-order chi connectivity index (χ1) is 4.66. The van der Waals surface area contributed by atoms with Crippen molar-refractivity contribution in [2.45, 2.75) is 33.0 Å². The van der Waals surface area contributed by atoms with Crippen LogP contribution in [-0.2, 0) is 4.74 Å². The van der Waals surface area contributed by atoms with E-state index in [2.05, 4.69) is 6.58 Å². The van der Waals surface area contributed by atoms with E-state index in [9.17, 15) is 0 Å². The number of hydrogen-bond acceptors (Lipinski definition) is 2. The SMILES string of the molecule is C=C(C)CC[C@H](O)OCC. The van der Waals surface area contributed by atoms with Gasteiger partial charge in [-0.2, -0.15) is 0 Å². The molecule has 60 valence electrons. The van der Waals surface area contributed by atoms with Crippen molar-refractivity contribution < 1.29 is 9.84 Å². The van der Waals surface area contributed by atoms with E-state index in [1.165, 1.54) is 0 Å². The van der Waals surface area contributed by atoms with Crippen molar-refractivity contribution in [1.29, 1.82) is 0 Å². The molecule has 0 fully saturated rings. The summed E-state index contributed by atoms with van der Waals surface area (Å²) in [4.78, 5) is 0. The van der Waals surface area contributed by atoms with Gasteiger partial charge >= 0.3 is 0 Å². The third-order valence-corrected chi connectivity index (χ3v) is 1.18. The molecule has 0 unspecified atom stereocenters. The molecule has 0 aromatic rings. The number of ether oxygens (including phenoxy) is 1. The quantitative estimate of drug-likeness (QED) is 0.470. The van der Waals surface area contributed by atoms with Crippen LogP contribution in [0.1, 0.15) is 26.7 Å². The Labute approximate surface area is 62.5 Å². The number of aliphatic hydroxyl groups excluding tert-OH is 1. The smallest absolute Gasteiger partial charge is 0.154 e. The molecule has 0 aliphatic heterocycles. The third kappa shape index (κ3) is 5.79. The first-order valence-corrected chi connectivity index (χ1v) is 3.61. The molecule has 0 aliphatic rings. The molecule has 0 spiro atoms. The van der Waals surface area contributed by atoms with Crippen LogP contribution in [0.4, 0.5) is 0 Å². The van der Waals surface area contributed by atoms with E-state index in [1.54, 1.807) is 0 Å². The monoisotopic (exact) mass is 144 g/mol. The van der Waals surface area contributed by atoms with Crippen molar-refractivity contribution in [2.24, 2.45) is 0 Å². The molecule has 0 amide bonds. The minimum absolute atomic E-state index is 0.567. The Morgan fingerprint density at radius 1 is 1.70 bits per heavy atom. The first kappa shape index (κ1) is 9.66. The normalized spacial score (nSPS) is 13.1. The summed E-state index contributed by atoms with van der Waals surface area (Å²) < 4.78 is 4.91. The highest BCUT2D eigenvalue weighted by molar-refractivity contribution is 4.87. The molecule has 0 rings (SSSR count). The Hall–Kier alpha value is -0.340. The largest absolute Gasteiger partial charge is 0.368 e. The summed E-state index contributed by atoms with van der Waals surface area (Å²) in [5.41, 5.74) is 1.08. The average molecular weight is 144 g/mol. The standard InChI is InChI=1S/C8H16O2/c1-4-10-8(9)6-5-7(2)3/h8-9H,2,4-6H2,1,3H3/t8-/m1/s1. The Kier molecular flexibility index (Phi) is 5.26. The van der Waals surface area contributed by atoms with E-state index >= 15 is 0 Å². The van der Waals surface area contributed by atoms with Crippen LogP contribution in [0.2, 0.25) is 0 Å². The van der Waals surface area contributed by atoms with Crippen LogP contribution in [-0.4, -0.2) is 18.0 Å². The molecule has 1 atom stereocenters. The fraction of sp³-hybridized carbons (Fsp3) is 0.750. The van der Waals surface area contributed by atoms with Crippen molar-refractivity contribution in [3.05, 3.63) is 12.2 Å². The molecule has 1 N–H and O–H groups in total. The lowest BCUT2D eigenvalue weighted by Gasteiger charge is -2.09. The molecule has 10 heavy (non-hydrogen) atoms. The zero-order valence-corrected chi connectivity index (χ0v) is 6.76. The highest BCUT2D eigenvalue weighted by atomic mass is 16.6. The van der Waals surface area contributed by atoms with Crippen LogP contribution >= 0.6 is 0 Å². The summed E-state index contributed by atoms with van der Waals surface area (Å²) in [5, 5.41) is 9.03. The van der Waals surface area contributed by atoms with Crippen LogP contribution < -0.4 is 0 Å². The third-order valence-electron chi connectivity index (χ3n) is 1.18. The van der Waals surface area contributed by atoms with E-state index < -0.39 is 6.29 Å². The van der Waals surface area contributed by atoms with Gasteiger partial charge in [0.15, 0.2) is 6.29 Å². The Morgan fingerprint density at radius 2 is 2.30 bits per heavy atom. The molecule has 0 bridgehead atoms. The van der Waals surface area contributed by atoms with Crippen molar-refractivity contribution >= 4 is 0 Å². The number of rotatable bonds is 5. The molecule has 0 saturated carbocycles. The molecular formula is C8H16O2. The summed E-state index contributed by atoms with van der Waals surface area (Å²) in [6.07, 6.45) is 0.881. The summed E-state index contributed by atoms with van der Waals surface area (Å²) >= 11 is 0. The lowest BCUT2D eigenvalue weighted by atomic mass is 10.2. The van der Waals surface area contributed by atoms with Gasteiger partial charge in [0.1, 0.15) is 0 Å². The Bertz CT molecular complexity index is 99.4. The minimum atomic E-state index is -0.610. The fourth-order valence-electron chi connectivity index (χ4n) is 0.646. The lowest BCUT2D eigenvalue weighted by molar-refractivity contribution is -0.0979. The molecule has 0 aliphatic carbocycles. The number of hydrogen-bond donors (Lipinski definition) is 1. The zero-order chi connectivity index (χ0) is 7.98. The summed E-state index contributed by atoms with van der Waals surface area (Å²) in [6, 6.07) is 0. The first-order valence-electron chi connectivity index (χ1n) is 3.61. The van der Waals surface area contributed by atoms with E-state index in [0.717, 1.165) is 12.0 Å². The molecule has 2 nitrogen and oxygen atoms in total. The highest BCUT2D eigenvalue weighted by Gasteiger charge is 2.00. The van der Waals surface area contributed by atoms with Crippen LogP contribution in [0.3, 0.4) is 0 Å². The van der Waals surface area contributed by atoms with Crippen LogP contribution in [0.15, 0.2) is 12.2 Å². The molecule has 0 heterocycles. The van der Waals surface area contributed by atoms with Crippen molar-refractivity contribution in [3.8, 4) is 0 Å². The molecule has 2 heteroatoms. The second-order valence-corrected chi connectivity index (χ2v) is 2.41. The van der Waals surface area contributed by atoms with Gasteiger partial charge in [-0.05, 0) is 20.3 Å². The lowest BCUT2D eigenvalue weighted by Crippen LogP contribution is -2.11. The van der Waals surface area contributed by atoms with Gasteiger partial charge in [-0.1, -0.05) is 5.57 Å². The maximum absolute atomic E-state index is 9.03. The van der Waals surface area contributed by atoms with Crippen molar-refractivity contribution in [1.82, 2.24) is 0 Å². The molecule has 0 radical (unpaired) electrons. The van der Waals surface area contributed by atoms with Gasteiger partial charge in [0.2, 0.25) is 0 Å². The van der Waals surface area contributed by atoms with Crippen LogP contribution in [0, 0.1) is 0 Å². The van der Waals surface area contributed by atoms with E-state index in [1.807, 2.05) is 13.8 Å². The van der Waals surface area contributed by atoms with Gasteiger partial charge in [0.25, 0.3) is 0 Å². The number of allylic oxidation sites excluding steroid dienone is 1. The maximum atomic E-state index is 9.03. The highest BCUT2D eigenvalue weighted by Crippen LogP contribution is 2.04. The fourth-order valence-corrected chi connectivity index (χ4v) is 0.646.